The van der Waals surface area contributed by atoms with Crippen LogP contribution in [0.25, 0.3) is 0 Å². The van der Waals surface area contributed by atoms with Crippen LogP contribution in [0, 0.1) is 24.3 Å². The first kappa shape index (κ1) is 51.4. The van der Waals surface area contributed by atoms with Crippen LogP contribution in [0.1, 0.15) is 81.1 Å². The normalized spacial score (nSPS) is 15.1. The van der Waals surface area contributed by atoms with Crippen LogP contribution in [0.2, 0.25) is 26.2 Å². The zero-order valence-electron chi connectivity index (χ0n) is 26.0. The van der Waals surface area contributed by atoms with E-state index in [0.717, 1.165) is 44.7 Å². The molecule has 214 valence electrons. The van der Waals surface area contributed by atoms with Gasteiger partial charge in [-0.1, -0.05) is 53.9 Å². The van der Waals surface area contributed by atoms with E-state index in [1.54, 1.807) is 0 Å². The van der Waals surface area contributed by atoms with E-state index < -0.39 is 0 Å². The maximum absolute atomic E-state index is 3.19. The third kappa shape index (κ3) is 28.2. The smallest absolute Gasteiger partial charge is 0.0213 e. The largest absolute Gasteiger partial charge is 1.00 e. The van der Waals surface area contributed by atoms with Gasteiger partial charge in [0.1, 0.15) is 0 Å². The molecule has 4 aliphatic rings. The fraction of sp³-hybridized carbons (Fsp3) is 0.500. The molecule has 0 atom stereocenters. The molecule has 0 N–H and O–H groups in total. The summed E-state index contributed by atoms with van der Waals surface area (Å²) in [5.74, 6) is 0. The van der Waals surface area contributed by atoms with Crippen molar-refractivity contribution in [2.45, 2.75) is 107 Å². The monoisotopic (exact) mass is 920 g/mol. The molecule has 4 rings (SSSR count). The van der Waals surface area contributed by atoms with E-state index in [0.29, 0.717) is 0 Å². The van der Waals surface area contributed by atoms with Crippen LogP contribution in [0.15, 0.2) is 68.9 Å². The molecule has 0 aromatic rings. The van der Waals surface area contributed by atoms with Crippen molar-refractivity contribution in [3.63, 3.8) is 0 Å². The van der Waals surface area contributed by atoms with Gasteiger partial charge in [-0.3, -0.25) is 24.3 Å². The number of allylic oxidation sites excluding steroid dienone is 16. The van der Waals surface area contributed by atoms with E-state index in [9.17, 15) is 0 Å². The molecule has 0 unspecified atom stereocenters. The van der Waals surface area contributed by atoms with Crippen molar-refractivity contribution in [3.05, 3.63) is 93.2 Å². The first-order chi connectivity index (χ1) is 16.0. The molecule has 0 aliphatic heterocycles. The van der Waals surface area contributed by atoms with E-state index in [-0.39, 0.29) is 76.5 Å². The molecule has 0 saturated carbocycles. The second kappa shape index (κ2) is 33.9. The predicted molar refractivity (Wildman–Crippen MR) is 161 cm³/mol. The first-order valence-electron chi connectivity index (χ1n) is 12.5. The number of hydrogen-bond acceptors (Lipinski definition) is 0. The Labute approximate surface area is 293 Å². The van der Waals surface area contributed by atoms with Gasteiger partial charge in [0.05, 0.1) is 0 Å². The van der Waals surface area contributed by atoms with Crippen molar-refractivity contribution in [1.82, 2.24) is 0 Å². The Morgan fingerprint density at radius 3 is 0.579 bits per heavy atom. The minimum Gasteiger partial charge on any atom is -1.00 e. The fourth-order valence-electron chi connectivity index (χ4n) is 2.60. The predicted octanol–water partition coefficient (Wildman–Crippen LogP) is 3.38. The minimum absolute atomic E-state index is 0. The molecule has 0 nitrogen and oxygen atoms in total. The Morgan fingerprint density at radius 1 is 0.421 bits per heavy atom. The number of hydrogen-bond donors (Lipinski definition) is 0. The van der Waals surface area contributed by atoms with Crippen LogP contribution >= 0.6 is 0 Å². The van der Waals surface area contributed by atoms with Crippen LogP contribution in [0.4, 0.5) is 0 Å². The van der Waals surface area contributed by atoms with Crippen LogP contribution in [-0.4, -0.2) is 19.0 Å². The summed E-state index contributed by atoms with van der Waals surface area (Å²) in [6.45, 7) is 25.7. The second-order valence-corrected chi connectivity index (χ2v) is 11.0. The SMILES string of the molecule is CC1=[C-]CC=C1C.CC1=[C-]CC=C1C.CC1=[C-]CC=C1C.CC1=[C-]CC=C1C.C[SiH]C.C[SiH]C.[Cl-].[Cl-].[Hf].[Hf]. The molecule has 0 heterocycles. The van der Waals surface area contributed by atoms with Crippen molar-refractivity contribution in [1.29, 1.82) is 0 Å². The van der Waals surface area contributed by atoms with Gasteiger partial charge in [-0.15, -0.1) is 53.4 Å². The first-order valence-corrected chi connectivity index (χ1v) is 17.1. The molecule has 0 saturated heterocycles. The molecule has 0 fully saturated rings. The van der Waals surface area contributed by atoms with Gasteiger partial charge in [-0.25, -0.2) is 44.6 Å². The molecule has 4 aliphatic carbocycles. The van der Waals surface area contributed by atoms with E-state index in [1.165, 1.54) is 44.6 Å². The minimum atomic E-state index is 0. The van der Waals surface area contributed by atoms with Gasteiger partial charge in [-0.2, -0.15) is 24.3 Å². The summed E-state index contributed by atoms with van der Waals surface area (Å²) >= 11 is 0. The van der Waals surface area contributed by atoms with Crippen molar-refractivity contribution in [3.8, 4) is 0 Å². The third-order valence-electron chi connectivity index (χ3n) is 5.47. The summed E-state index contributed by atoms with van der Waals surface area (Å²) in [4.78, 5) is 0. The summed E-state index contributed by atoms with van der Waals surface area (Å²) in [6, 6.07) is 0. The van der Waals surface area contributed by atoms with Crippen LogP contribution in [-0.2, 0) is 51.7 Å². The molecular weight excluding hydrogens is 868 g/mol. The average molecular weight is 919 g/mol. The van der Waals surface area contributed by atoms with Gasteiger partial charge in [0.15, 0.2) is 0 Å². The summed E-state index contributed by atoms with van der Waals surface area (Å²) in [5.41, 5.74) is 10.8. The van der Waals surface area contributed by atoms with Crippen molar-refractivity contribution in [2.24, 2.45) is 0 Å². The maximum Gasteiger partial charge on any atom is 0.0213 e. The zero-order chi connectivity index (χ0) is 26.5. The Morgan fingerprint density at radius 2 is 0.553 bits per heavy atom. The van der Waals surface area contributed by atoms with Gasteiger partial charge in [0, 0.05) is 70.7 Å². The Bertz CT molecular complexity index is 642. The van der Waals surface area contributed by atoms with E-state index in [2.05, 4.69) is 130 Å². The molecule has 0 bridgehead atoms. The molecule has 0 spiro atoms. The zero-order valence-corrected chi connectivity index (χ0v) is 37.1. The van der Waals surface area contributed by atoms with Gasteiger partial charge >= 0.3 is 0 Å². The quantitative estimate of drug-likeness (QED) is 0.259. The fourth-order valence-corrected chi connectivity index (χ4v) is 2.60. The van der Waals surface area contributed by atoms with Gasteiger partial charge in [0.2, 0.25) is 0 Å². The maximum atomic E-state index is 3.19. The standard InChI is InChI=1S/4C7H9.2C2H7Si.2ClH.2Hf/c4*1-6-4-3-5-7(6)2;2*1-3-2;;;;/h4*4H,3H2,1-2H3;2*3H,1-2H3;2*1H;;/q4*-1;;;;;;/p-2. The molecule has 6 heteroatoms. The van der Waals surface area contributed by atoms with E-state index in [4.69, 9.17) is 0 Å². The van der Waals surface area contributed by atoms with Gasteiger partial charge in [0.25, 0.3) is 0 Å². The van der Waals surface area contributed by atoms with E-state index in [1.807, 2.05) is 0 Å². The van der Waals surface area contributed by atoms with Crippen LogP contribution < -0.4 is 24.8 Å². The van der Waals surface area contributed by atoms with Gasteiger partial charge in [-0.05, 0) is 0 Å². The summed E-state index contributed by atoms with van der Waals surface area (Å²) in [7, 11) is 1.50. The van der Waals surface area contributed by atoms with Crippen molar-refractivity contribution >= 4 is 19.0 Å². The molecule has 2 radical (unpaired) electrons. The van der Waals surface area contributed by atoms with Crippen LogP contribution in [0.5, 0.6) is 0 Å². The Hall–Kier alpha value is 0.674. The average Bonchev–Trinajstić information content (AvgIpc) is 3.55. The Balaban J connectivity index is -0.0000000814. The van der Waals surface area contributed by atoms with E-state index >= 15 is 0 Å². The van der Waals surface area contributed by atoms with Crippen molar-refractivity contribution in [2.75, 3.05) is 0 Å². The van der Waals surface area contributed by atoms with Crippen molar-refractivity contribution < 1.29 is 76.5 Å². The number of rotatable bonds is 0. The second-order valence-electron chi connectivity index (χ2n) is 8.73. The number of halogens is 2. The third-order valence-corrected chi connectivity index (χ3v) is 5.47. The summed E-state index contributed by atoms with van der Waals surface area (Å²) in [6.07, 6.45) is 25.6. The molecule has 0 aromatic carbocycles. The van der Waals surface area contributed by atoms with Crippen LogP contribution in [0.3, 0.4) is 0 Å². The summed E-state index contributed by atoms with van der Waals surface area (Å²) < 4.78 is 0. The molecule has 0 amide bonds. The molecule has 38 heavy (non-hydrogen) atoms. The Kier molecular flexibility index (Phi) is 45.8. The topological polar surface area (TPSA) is 0 Å². The molecular formula is C32H50Cl2Hf2Si2-6. The summed E-state index contributed by atoms with van der Waals surface area (Å²) in [5, 5.41) is 0. The molecule has 0 aromatic heterocycles. The van der Waals surface area contributed by atoms with Gasteiger partial charge < -0.3 is 24.8 Å².